The van der Waals surface area contributed by atoms with Gasteiger partial charge in [0.05, 0.1) is 12.6 Å². The maximum atomic E-state index is 12.2. The maximum absolute atomic E-state index is 12.2. The van der Waals surface area contributed by atoms with Crippen molar-refractivity contribution in [2.45, 2.75) is 38.3 Å². The largest absolute Gasteiger partial charge is 0.495 e. The minimum absolute atomic E-state index is 0.0347. The molecule has 1 fully saturated rings. The second-order valence-electron chi connectivity index (χ2n) is 5.41. The number of benzene rings is 1. The summed E-state index contributed by atoms with van der Waals surface area (Å²) in [5, 5.41) is 4.49. The minimum Gasteiger partial charge on any atom is -0.495 e. The van der Waals surface area contributed by atoms with E-state index < -0.39 is 0 Å². The third-order valence-electron chi connectivity index (χ3n) is 4.07. The fourth-order valence-corrected chi connectivity index (χ4v) is 2.93. The number of H-pyrrole nitrogens is 1. The van der Waals surface area contributed by atoms with Crippen LogP contribution < -0.4 is 15.6 Å². The van der Waals surface area contributed by atoms with E-state index >= 15 is 0 Å². The van der Waals surface area contributed by atoms with Gasteiger partial charge in [-0.2, -0.15) is 0 Å². The van der Waals surface area contributed by atoms with Gasteiger partial charge >= 0.3 is 0 Å². The number of methoxy groups -OCH3 is 1. The van der Waals surface area contributed by atoms with Gasteiger partial charge in [0.2, 0.25) is 0 Å². The first-order valence-electron chi connectivity index (χ1n) is 7.20. The number of hydrogen-bond donors (Lipinski definition) is 2. The smallest absolute Gasteiger partial charge is 0.253 e. The minimum atomic E-state index is -0.0347. The lowest BCUT2D eigenvalue weighted by molar-refractivity contribution is 0.419. The maximum Gasteiger partial charge on any atom is 0.253 e. The molecule has 1 aliphatic rings. The Kier molecular flexibility index (Phi) is 3.74. The highest BCUT2D eigenvalue weighted by atomic mass is 16.5. The van der Waals surface area contributed by atoms with Crippen molar-refractivity contribution in [3.8, 4) is 5.75 Å². The molecule has 0 unspecified atom stereocenters. The summed E-state index contributed by atoms with van der Waals surface area (Å²) in [5.41, 5.74) is 1.52. The average molecular weight is 272 g/mol. The van der Waals surface area contributed by atoms with Crippen LogP contribution in [0.15, 0.2) is 29.1 Å². The van der Waals surface area contributed by atoms with E-state index in [0.29, 0.717) is 18.3 Å². The lowest BCUT2D eigenvalue weighted by Gasteiger charge is -2.12. The molecule has 20 heavy (non-hydrogen) atoms. The van der Waals surface area contributed by atoms with Gasteiger partial charge in [0.25, 0.3) is 5.56 Å². The van der Waals surface area contributed by atoms with E-state index in [-0.39, 0.29) is 5.56 Å². The molecule has 0 radical (unpaired) electrons. The van der Waals surface area contributed by atoms with Gasteiger partial charge in [0.1, 0.15) is 5.75 Å². The van der Waals surface area contributed by atoms with Crippen molar-refractivity contribution in [2.24, 2.45) is 0 Å². The van der Waals surface area contributed by atoms with Crippen LogP contribution >= 0.6 is 0 Å². The van der Waals surface area contributed by atoms with E-state index in [1.807, 2.05) is 24.3 Å². The van der Waals surface area contributed by atoms with Crippen LogP contribution in [0.1, 0.15) is 31.2 Å². The molecule has 2 N–H and O–H groups in total. The van der Waals surface area contributed by atoms with E-state index in [2.05, 4.69) is 10.3 Å². The Hall–Kier alpha value is -1.81. The lowest BCUT2D eigenvalue weighted by atomic mass is 10.1. The molecule has 1 aliphatic carbocycles. The normalized spacial score (nSPS) is 15.8. The Morgan fingerprint density at radius 1 is 1.35 bits per heavy atom. The number of hydrogen-bond acceptors (Lipinski definition) is 3. The number of nitrogens with one attached hydrogen (secondary N) is 2. The van der Waals surface area contributed by atoms with Gasteiger partial charge in [0, 0.05) is 23.5 Å². The van der Waals surface area contributed by atoms with Gasteiger partial charge in [-0.1, -0.05) is 25.0 Å². The van der Waals surface area contributed by atoms with E-state index in [9.17, 15) is 4.79 Å². The van der Waals surface area contributed by atoms with Crippen molar-refractivity contribution in [1.29, 1.82) is 0 Å². The second-order valence-corrected chi connectivity index (χ2v) is 5.41. The molecule has 0 atom stereocenters. The van der Waals surface area contributed by atoms with E-state index in [1.54, 1.807) is 7.11 Å². The molecule has 0 saturated heterocycles. The fraction of sp³-hybridized carbons (Fsp3) is 0.438. The molecule has 3 rings (SSSR count). The Labute approximate surface area is 118 Å². The summed E-state index contributed by atoms with van der Waals surface area (Å²) in [6, 6.07) is 8.31. The SMILES string of the molecule is COc1cccc2cc(CNC3CCCC3)c(=O)[nH]c12. The van der Waals surface area contributed by atoms with Gasteiger partial charge in [-0.05, 0) is 25.0 Å². The first kappa shape index (κ1) is 13.2. The molecule has 4 heteroatoms. The van der Waals surface area contributed by atoms with E-state index in [4.69, 9.17) is 4.74 Å². The van der Waals surface area contributed by atoms with E-state index in [0.717, 1.165) is 16.5 Å². The quantitative estimate of drug-likeness (QED) is 0.899. The first-order valence-corrected chi connectivity index (χ1v) is 7.20. The number of ether oxygens (including phenoxy) is 1. The number of aromatic nitrogens is 1. The second kappa shape index (κ2) is 5.67. The van der Waals surface area contributed by atoms with Crippen LogP contribution in [-0.2, 0) is 6.54 Å². The highest BCUT2D eigenvalue weighted by Gasteiger charge is 2.15. The predicted molar refractivity (Wildman–Crippen MR) is 80.2 cm³/mol. The molecule has 4 nitrogen and oxygen atoms in total. The number of para-hydroxylation sites is 1. The van der Waals surface area contributed by atoms with Crippen molar-refractivity contribution >= 4 is 10.9 Å². The monoisotopic (exact) mass is 272 g/mol. The van der Waals surface area contributed by atoms with Crippen LogP contribution in [-0.4, -0.2) is 18.1 Å². The zero-order valence-electron chi connectivity index (χ0n) is 11.7. The average Bonchev–Trinajstić information content (AvgIpc) is 2.98. The standard InChI is InChI=1S/C16H20N2O2/c1-20-14-8-4-5-11-9-12(16(19)18-15(11)14)10-17-13-6-2-3-7-13/h4-5,8-9,13,17H,2-3,6-7,10H2,1H3,(H,18,19). The molecule has 1 saturated carbocycles. The Morgan fingerprint density at radius 2 is 2.15 bits per heavy atom. The highest BCUT2D eigenvalue weighted by molar-refractivity contribution is 5.84. The molecule has 0 spiro atoms. The summed E-state index contributed by atoms with van der Waals surface area (Å²) < 4.78 is 5.28. The topological polar surface area (TPSA) is 54.1 Å². The highest BCUT2D eigenvalue weighted by Crippen LogP contribution is 2.22. The number of aromatic amines is 1. The molecular weight excluding hydrogens is 252 g/mol. The van der Waals surface area contributed by atoms with Gasteiger partial charge in [-0.25, -0.2) is 0 Å². The zero-order valence-corrected chi connectivity index (χ0v) is 11.7. The van der Waals surface area contributed by atoms with Crippen LogP contribution in [0.25, 0.3) is 10.9 Å². The van der Waals surface area contributed by atoms with Gasteiger partial charge < -0.3 is 15.0 Å². The molecule has 0 aliphatic heterocycles. The Morgan fingerprint density at radius 3 is 2.90 bits per heavy atom. The summed E-state index contributed by atoms with van der Waals surface area (Å²) in [4.78, 5) is 15.1. The molecule has 0 amide bonds. The van der Waals surface area contributed by atoms with Crippen LogP contribution in [0.5, 0.6) is 5.75 Å². The fourth-order valence-electron chi connectivity index (χ4n) is 2.93. The molecule has 1 aromatic carbocycles. The third-order valence-corrected chi connectivity index (χ3v) is 4.07. The molecule has 1 heterocycles. The van der Waals surface area contributed by atoms with Crippen molar-refractivity contribution in [1.82, 2.24) is 10.3 Å². The molecule has 1 aromatic heterocycles. The van der Waals surface area contributed by atoms with Crippen molar-refractivity contribution in [2.75, 3.05) is 7.11 Å². The Bertz CT molecular complexity index is 657. The van der Waals surface area contributed by atoms with Crippen LogP contribution in [0.3, 0.4) is 0 Å². The van der Waals surface area contributed by atoms with E-state index in [1.165, 1.54) is 25.7 Å². The predicted octanol–water partition coefficient (Wildman–Crippen LogP) is 2.57. The van der Waals surface area contributed by atoms with Gasteiger partial charge in [0.15, 0.2) is 0 Å². The molecule has 2 aromatic rings. The van der Waals surface area contributed by atoms with Gasteiger partial charge in [-0.3, -0.25) is 4.79 Å². The molecular formula is C16H20N2O2. The molecule has 0 bridgehead atoms. The Balaban J connectivity index is 1.88. The first-order chi connectivity index (χ1) is 9.78. The van der Waals surface area contributed by atoms with Crippen molar-refractivity contribution < 1.29 is 4.74 Å². The third kappa shape index (κ3) is 2.56. The number of pyridine rings is 1. The van der Waals surface area contributed by atoms with Crippen molar-refractivity contribution in [3.05, 3.63) is 40.2 Å². The number of rotatable bonds is 4. The summed E-state index contributed by atoms with van der Waals surface area (Å²) >= 11 is 0. The number of fused-ring (bicyclic) bond motifs is 1. The summed E-state index contributed by atoms with van der Waals surface area (Å²) in [7, 11) is 1.61. The summed E-state index contributed by atoms with van der Waals surface area (Å²) in [5.74, 6) is 0.704. The van der Waals surface area contributed by atoms with Crippen LogP contribution in [0.4, 0.5) is 0 Å². The lowest BCUT2D eigenvalue weighted by Crippen LogP contribution is -2.28. The van der Waals surface area contributed by atoms with Gasteiger partial charge in [-0.15, -0.1) is 0 Å². The van der Waals surface area contributed by atoms with Crippen molar-refractivity contribution in [3.63, 3.8) is 0 Å². The van der Waals surface area contributed by atoms with Crippen LogP contribution in [0, 0.1) is 0 Å². The zero-order chi connectivity index (χ0) is 13.9. The molecule has 106 valence electrons. The van der Waals surface area contributed by atoms with Crippen LogP contribution in [0.2, 0.25) is 0 Å². The summed E-state index contributed by atoms with van der Waals surface area (Å²) in [6.45, 7) is 0.632. The summed E-state index contributed by atoms with van der Waals surface area (Å²) in [6.07, 6.45) is 5.03.